The Hall–Kier alpha value is -2.10. The van der Waals surface area contributed by atoms with Crippen LogP contribution in [0.1, 0.15) is 86.5 Å². The Morgan fingerprint density at radius 3 is 2.53 bits per heavy atom. The molecule has 4 nitrogen and oxygen atoms in total. The minimum atomic E-state index is -0.505. The highest BCUT2D eigenvalue weighted by atomic mass is 16.6. The number of cyclic esters (lactones) is 2. The van der Waals surface area contributed by atoms with E-state index in [-0.39, 0.29) is 34.8 Å². The Kier molecular flexibility index (Phi) is 5.53. The van der Waals surface area contributed by atoms with E-state index in [2.05, 4.69) is 46.8 Å². The highest BCUT2D eigenvalue weighted by Crippen LogP contribution is 2.68. The van der Waals surface area contributed by atoms with Crippen molar-refractivity contribution in [2.75, 3.05) is 0 Å². The van der Waals surface area contributed by atoms with Gasteiger partial charge in [-0.05, 0) is 93.1 Å². The molecule has 3 aliphatic carbocycles. The summed E-state index contributed by atoms with van der Waals surface area (Å²) in [5.41, 5.74) is 4.93. The van der Waals surface area contributed by atoms with Crippen molar-refractivity contribution in [2.45, 2.75) is 98.2 Å². The minimum absolute atomic E-state index is 0.0146. The van der Waals surface area contributed by atoms with Crippen LogP contribution in [-0.2, 0) is 19.1 Å². The predicted molar refractivity (Wildman–Crippen MR) is 133 cm³/mol. The van der Waals surface area contributed by atoms with Gasteiger partial charge in [0.1, 0.15) is 11.7 Å². The van der Waals surface area contributed by atoms with Crippen LogP contribution in [0.15, 0.2) is 46.6 Å². The number of esters is 2. The van der Waals surface area contributed by atoms with E-state index in [1.165, 1.54) is 24.0 Å². The number of fused-ring (bicyclic) bond motifs is 3. The van der Waals surface area contributed by atoms with Crippen molar-refractivity contribution in [1.29, 1.82) is 0 Å². The maximum Gasteiger partial charge on any atom is 0.333 e. The molecule has 0 spiro atoms. The SMILES string of the molecule is CC1=CC[C@H]([C@H](C)[C@H]2CC[C@@]3(C)C4=C(C=C5C=CC(=O)OC(C)(C)[C@@H]5CC4)CC[C@]23C)OC1=O. The van der Waals surface area contributed by atoms with E-state index in [9.17, 15) is 9.59 Å². The zero-order valence-electron chi connectivity index (χ0n) is 21.7. The lowest BCUT2D eigenvalue weighted by atomic mass is 9.52. The van der Waals surface area contributed by atoms with Crippen molar-refractivity contribution in [2.24, 2.45) is 28.6 Å². The predicted octanol–water partition coefficient (Wildman–Crippen LogP) is 6.63. The standard InChI is InChI=1S/C30H40O4/c1-18-7-11-25(33-27(18)32)19(2)22-14-16-30(6)24-10-9-23-20(8-12-26(31)34-28(23,3)4)17-21(24)13-15-29(22,30)5/h7-8,12,17,19,22-23,25H,9-11,13-16H2,1-6H3/t19-,22-,23-,25-,29-,30+/m1/s1. The summed E-state index contributed by atoms with van der Waals surface area (Å²) in [6, 6.07) is 0. The molecule has 34 heavy (non-hydrogen) atoms. The van der Waals surface area contributed by atoms with E-state index in [1.807, 2.05) is 13.0 Å². The Morgan fingerprint density at radius 2 is 1.79 bits per heavy atom. The lowest BCUT2D eigenvalue weighted by Crippen LogP contribution is -2.46. The van der Waals surface area contributed by atoms with Gasteiger partial charge < -0.3 is 9.47 Å². The zero-order valence-corrected chi connectivity index (χ0v) is 21.7. The van der Waals surface area contributed by atoms with Crippen molar-refractivity contribution in [3.63, 3.8) is 0 Å². The maximum absolute atomic E-state index is 12.3. The topological polar surface area (TPSA) is 52.6 Å². The molecule has 0 aromatic rings. The van der Waals surface area contributed by atoms with Crippen molar-refractivity contribution >= 4 is 11.9 Å². The second-order valence-electron chi connectivity index (χ2n) is 12.4. The first-order valence-corrected chi connectivity index (χ1v) is 13.2. The molecule has 0 amide bonds. The molecule has 5 rings (SSSR count). The number of carbonyl (C=O) groups is 2. The Bertz CT molecular complexity index is 1040. The largest absolute Gasteiger partial charge is 0.458 e. The molecule has 184 valence electrons. The molecule has 0 aromatic carbocycles. The van der Waals surface area contributed by atoms with Crippen LogP contribution in [0.2, 0.25) is 0 Å². The summed E-state index contributed by atoms with van der Waals surface area (Å²) in [5, 5.41) is 0. The van der Waals surface area contributed by atoms with E-state index < -0.39 is 5.60 Å². The Labute approximate surface area is 204 Å². The third-order valence-corrected chi connectivity index (χ3v) is 10.5. The fourth-order valence-electron chi connectivity index (χ4n) is 8.19. The monoisotopic (exact) mass is 464 g/mol. The number of ether oxygens (including phenoxy) is 2. The van der Waals surface area contributed by atoms with Crippen LogP contribution in [-0.4, -0.2) is 23.6 Å². The fourth-order valence-corrected chi connectivity index (χ4v) is 8.19. The molecule has 1 saturated carbocycles. The second-order valence-corrected chi connectivity index (χ2v) is 12.4. The fraction of sp³-hybridized carbons (Fsp3) is 0.667. The highest BCUT2D eigenvalue weighted by Gasteiger charge is 2.60. The molecule has 0 N–H and O–H groups in total. The molecule has 0 radical (unpaired) electrons. The number of carbonyl (C=O) groups excluding carboxylic acids is 2. The molecule has 2 heterocycles. The van der Waals surface area contributed by atoms with Crippen molar-refractivity contribution < 1.29 is 19.1 Å². The summed E-state index contributed by atoms with van der Waals surface area (Å²) in [6.45, 7) is 13.3. The van der Waals surface area contributed by atoms with Gasteiger partial charge in [0, 0.05) is 24.0 Å². The van der Waals surface area contributed by atoms with Gasteiger partial charge in [-0.1, -0.05) is 44.6 Å². The van der Waals surface area contributed by atoms with Gasteiger partial charge in [0.25, 0.3) is 0 Å². The molecule has 1 fully saturated rings. The first-order chi connectivity index (χ1) is 16.0. The van der Waals surface area contributed by atoms with Gasteiger partial charge in [0.2, 0.25) is 0 Å². The van der Waals surface area contributed by atoms with Crippen LogP contribution < -0.4 is 0 Å². The molecule has 0 aromatic heterocycles. The number of hydrogen-bond acceptors (Lipinski definition) is 4. The summed E-state index contributed by atoms with van der Waals surface area (Å²) in [6.07, 6.45) is 15.6. The van der Waals surface area contributed by atoms with Gasteiger partial charge in [-0.2, -0.15) is 0 Å². The number of hydrogen-bond donors (Lipinski definition) is 0. The van der Waals surface area contributed by atoms with Crippen LogP contribution in [0.5, 0.6) is 0 Å². The first-order valence-electron chi connectivity index (χ1n) is 13.2. The summed E-state index contributed by atoms with van der Waals surface area (Å²) in [5.74, 6) is 0.711. The molecule has 4 heteroatoms. The van der Waals surface area contributed by atoms with E-state index in [0.29, 0.717) is 11.8 Å². The van der Waals surface area contributed by atoms with Gasteiger partial charge >= 0.3 is 11.9 Å². The zero-order chi connectivity index (χ0) is 24.5. The van der Waals surface area contributed by atoms with Gasteiger partial charge in [-0.25, -0.2) is 9.59 Å². The summed E-state index contributed by atoms with van der Waals surface area (Å²) in [7, 11) is 0. The summed E-state index contributed by atoms with van der Waals surface area (Å²) in [4.78, 5) is 24.4. The average Bonchev–Trinajstić information content (AvgIpc) is 2.88. The number of allylic oxidation sites excluding steroid dienone is 4. The van der Waals surface area contributed by atoms with Crippen LogP contribution in [0.4, 0.5) is 0 Å². The van der Waals surface area contributed by atoms with Crippen LogP contribution in [0.3, 0.4) is 0 Å². The first kappa shape index (κ1) is 23.6. The molecular formula is C30H40O4. The molecular weight excluding hydrogens is 424 g/mol. The Balaban J connectivity index is 1.47. The summed E-state index contributed by atoms with van der Waals surface area (Å²) < 4.78 is 11.7. The van der Waals surface area contributed by atoms with E-state index in [4.69, 9.17) is 9.47 Å². The van der Waals surface area contributed by atoms with E-state index in [0.717, 1.165) is 37.7 Å². The molecule has 5 aliphatic rings. The van der Waals surface area contributed by atoms with Gasteiger partial charge in [0.05, 0.1) is 0 Å². The minimum Gasteiger partial charge on any atom is -0.458 e. The lowest BCUT2D eigenvalue weighted by molar-refractivity contribution is -0.153. The molecule has 6 atom stereocenters. The molecule has 0 saturated heterocycles. The van der Waals surface area contributed by atoms with Crippen LogP contribution in [0, 0.1) is 28.6 Å². The van der Waals surface area contributed by atoms with E-state index in [1.54, 1.807) is 11.6 Å². The third-order valence-electron chi connectivity index (χ3n) is 10.5. The normalized spacial score (nSPS) is 40.0. The van der Waals surface area contributed by atoms with Crippen molar-refractivity contribution in [3.8, 4) is 0 Å². The van der Waals surface area contributed by atoms with Gasteiger partial charge in [-0.15, -0.1) is 0 Å². The number of rotatable bonds is 2. The quantitative estimate of drug-likeness (QED) is 0.431. The molecule has 2 aliphatic heterocycles. The van der Waals surface area contributed by atoms with Crippen molar-refractivity contribution in [3.05, 3.63) is 46.6 Å². The molecule has 0 unspecified atom stereocenters. The van der Waals surface area contributed by atoms with Crippen LogP contribution in [0.25, 0.3) is 0 Å². The van der Waals surface area contributed by atoms with E-state index >= 15 is 0 Å². The van der Waals surface area contributed by atoms with Gasteiger partial charge in [-0.3, -0.25) is 0 Å². The average molecular weight is 465 g/mol. The Morgan fingerprint density at radius 1 is 1.03 bits per heavy atom. The van der Waals surface area contributed by atoms with Crippen molar-refractivity contribution in [1.82, 2.24) is 0 Å². The van der Waals surface area contributed by atoms with Crippen LogP contribution >= 0.6 is 0 Å². The maximum atomic E-state index is 12.3. The second kappa shape index (κ2) is 7.96. The third kappa shape index (κ3) is 3.46. The summed E-state index contributed by atoms with van der Waals surface area (Å²) >= 11 is 0. The molecule has 0 bridgehead atoms. The lowest BCUT2D eigenvalue weighted by Gasteiger charge is -2.52. The van der Waals surface area contributed by atoms with Gasteiger partial charge in [0.15, 0.2) is 0 Å². The smallest absolute Gasteiger partial charge is 0.333 e. The highest BCUT2D eigenvalue weighted by molar-refractivity contribution is 5.88.